The third-order valence-corrected chi connectivity index (χ3v) is 12.7. The number of hydrogen-bond acceptors (Lipinski definition) is 21. The van der Waals surface area contributed by atoms with Crippen LogP contribution in [0.1, 0.15) is 123 Å². The lowest BCUT2D eigenvalue weighted by Gasteiger charge is -2.17. The largest absolute Gasteiger partial charge is 0.495 e. The van der Waals surface area contributed by atoms with Gasteiger partial charge in [-0.15, -0.1) is 0 Å². The summed E-state index contributed by atoms with van der Waals surface area (Å²) in [5.41, 5.74) is 14.3. The summed E-state index contributed by atoms with van der Waals surface area (Å²) >= 11 is 0. The molecule has 0 aliphatic carbocycles. The Bertz CT molecular complexity index is 3670. The van der Waals surface area contributed by atoms with Gasteiger partial charge in [0.25, 0.3) is 17.7 Å². The second kappa shape index (κ2) is 39.4. The van der Waals surface area contributed by atoms with Gasteiger partial charge in [-0.1, -0.05) is 53.7 Å². The standard InChI is InChI=1S/C25H33N3O6.C24H31N3O6.C19H18N2O7/c1-15(2)13-33-21-10-17(6-8-19(21)27-23(29)12-26)24(30)28-20-9-7-18(25(31)32-5)11-22(20)34-14-16(3)4;1-4-5-12-32-22-15-18(24(30)31-3)8-10-20(22)27-23(29)17-7-9-19(26-16(2)28)21(14-17)33-13-6-11-25;1-4-9-28-19(23)13-5-7-14(16(11-13)26-2)20-18(22)12-6-8-15(21(24)25)17(10-12)27-3/h6-11,15-16H,12-14,26H2,1-5H3,(H,27,29)(H,28,30);7-10,14-15H,4-6,11-13,25H2,1-3H3,(H,26,28)(H,27,29);4-8,10-11H,1,9H2,2-3H3,(H,20,22). The molecule has 0 aromatic heterocycles. The molecule has 27 heteroatoms. The highest BCUT2D eigenvalue weighted by Gasteiger charge is 2.22. The molecule has 0 aliphatic heterocycles. The van der Waals surface area contributed by atoms with E-state index in [-0.39, 0.29) is 65.1 Å². The van der Waals surface area contributed by atoms with E-state index in [4.69, 9.17) is 54.1 Å². The number of carbonyl (C=O) groups is 8. The highest BCUT2D eigenvalue weighted by molar-refractivity contribution is 6.08. The summed E-state index contributed by atoms with van der Waals surface area (Å²) in [7, 11) is 5.26. The van der Waals surface area contributed by atoms with Crippen LogP contribution in [0.4, 0.5) is 34.1 Å². The smallest absolute Gasteiger partial charge is 0.338 e. The predicted octanol–water partition coefficient (Wildman–Crippen LogP) is 10.5. The topological polar surface area (TPSA) is 375 Å². The number of esters is 3. The zero-order valence-electron chi connectivity index (χ0n) is 54.8. The number of hydrogen-bond donors (Lipinski definition) is 7. The van der Waals surface area contributed by atoms with E-state index in [0.717, 1.165) is 12.8 Å². The van der Waals surface area contributed by atoms with Gasteiger partial charge >= 0.3 is 23.6 Å². The molecular weight excluding hydrogens is 1230 g/mol. The lowest BCUT2D eigenvalue weighted by Crippen LogP contribution is -2.22. The molecule has 5 amide bonds. The second-order valence-electron chi connectivity index (χ2n) is 21.2. The highest BCUT2D eigenvalue weighted by Crippen LogP contribution is 2.34. The molecule has 6 aromatic rings. The minimum atomic E-state index is -0.603. The second-order valence-corrected chi connectivity index (χ2v) is 21.2. The van der Waals surface area contributed by atoms with E-state index in [2.05, 4.69) is 33.2 Å². The van der Waals surface area contributed by atoms with Gasteiger partial charge in [0.05, 0.1) is 111 Å². The van der Waals surface area contributed by atoms with Crippen molar-refractivity contribution >= 4 is 81.6 Å². The Morgan fingerprint density at radius 3 is 1.26 bits per heavy atom. The molecule has 0 aliphatic rings. The van der Waals surface area contributed by atoms with Crippen molar-refractivity contribution in [2.24, 2.45) is 23.3 Å². The summed E-state index contributed by atoms with van der Waals surface area (Å²) in [5.74, 6) is -1.40. The first-order valence-corrected chi connectivity index (χ1v) is 29.9. The molecule has 27 nitrogen and oxygen atoms in total. The number of carbonyl (C=O) groups excluding carboxylic acids is 8. The zero-order chi connectivity index (χ0) is 70.1. The van der Waals surface area contributed by atoms with Crippen LogP contribution in [0.5, 0.6) is 34.5 Å². The van der Waals surface area contributed by atoms with Crippen LogP contribution >= 0.6 is 0 Å². The number of nitrogens with one attached hydrogen (secondary N) is 5. The van der Waals surface area contributed by atoms with Crippen LogP contribution in [0.2, 0.25) is 0 Å². The van der Waals surface area contributed by atoms with Crippen molar-refractivity contribution in [3.8, 4) is 34.5 Å². The van der Waals surface area contributed by atoms with Crippen molar-refractivity contribution < 1.29 is 85.9 Å². The van der Waals surface area contributed by atoms with Crippen LogP contribution in [0.15, 0.2) is 122 Å². The Hall–Kier alpha value is -11.1. The molecule has 0 unspecified atom stereocenters. The van der Waals surface area contributed by atoms with Crippen LogP contribution in [0, 0.1) is 22.0 Å². The number of nitro groups is 1. The fraction of sp³-hybridized carbons (Fsp3) is 0.324. The molecule has 0 atom stereocenters. The minimum Gasteiger partial charge on any atom is -0.495 e. The van der Waals surface area contributed by atoms with Crippen molar-refractivity contribution in [1.82, 2.24) is 0 Å². The van der Waals surface area contributed by atoms with Gasteiger partial charge in [0.1, 0.15) is 35.4 Å². The summed E-state index contributed by atoms with van der Waals surface area (Å²) < 4.78 is 47.8. The van der Waals surface area contributed by atoms with Crippen LogP contribution < -0.4 is 66.5 Å². The summed E-state index contributed by atoms with van der Waals surface area (Å²) in [6, 6.07) is 27.0. The maximum Gasteiger partial charge on any atom is 0.338 e. The van der Waals surface area contributed by atoms with Gasteiger partial charge in [0.15, 0.2) is 5.75 Å². The summed E-state index contributed by atoms with van der Waals surface area (Å²) in [5, 5.41) is 24.6. The Kier molecular flexibility index (Phi) is 31.7. The average Bonchev–Trinajstić information content (AvgIpc) is 0.857. The van der Waals surface area contributed by atoms with Gasteiger partial charge in [-0.3, -0.25) is 34.1 Å². The predicted molar refractivity (Wildman–Crippen MR) is 358 cm³/mol. The molecular formula is C68H82N8O19. The SMILES string of the molecule is C=CCOC(=O)c1ccc(NC(=O)c2ccc([N+](=O)[O-])c(OC)c2)c(OC)c1.CCCCOc1cc(C(=O)OC)ccc1NC(=O)c1ccc(NC(C)=O)c(OCCCN)c1.COC(=O)c1ccc(NC(=O)c2ccc(NC(=O)CN)c(OCC(C)C)c2)c(OCC(C)C)c1. The molecule has 6 aromatic carbocycles. The first-order chi connectivity index (χ1) is 45.4. The van der Waals surface area contributed by atoms with Crippen LogP contribution in [0.3, 0.4) is 0 Å². The number of unbranched alkanes of at least 4 members (excludes halogenated alkanes) is 1. The molecule has 0 heterocycles. The number of nitrogens with zero attached hydrogens (tertiary/aromatic N) is 1. The molecule has 0 bridgehead atoms. The molecule has 0 saturated carbocycles. The lowest BCUT2D eigenvalue weighted by molar-refractivity contribution is -0.385. The highest BCUT2D eigenvalue weighted by atomic mass is 16.6. The number of nitrogens with two attached hydrogens (primary N) is 2. The molecule has 0 spiro atoms. The molecule has 508 valence electrons. The average molecular weight is 1320 g/mol. The maximum absolute atomic E-state index is 13.0. The maximum atomic E-state index is 13.0. The molecule has 0 saturated heterocycles. The van der Waals surface area contributed by atoms with E-state index < -0.39 is 40.6 Å². The quantitative estimate of drug-likeness (QED) is 0.00531. The number of ether oxygens (including phenoxy) is 9. The fourth-order valence-electron chi connectivity index (χ4n) is 7.94. The number of nitro benzene ring substituents is 1. The van der Waals surface area contributed by atoms with Crippen molar-refractivity contribution in [3.05, 3.63) is 165 Å². The third kappa shape index (κ3) is 24.5. The monoisotopic (exact) mass is 1310 g/mol. The van der Waals surface area contributed by atoms with Gasteiger partial charge in [-0.25, -0.2) is 14.4 Å². The molecule has 9 N–H and O–H groups in total. The molecule has 0 fully saturated rings. The Morgan fingerprint density at radius 1 is 0.505 bits per heavy atom. The fourth-order valence-corrected chi connectivity index (χ4v) is 7.94. The van der Waals surface area contributed by atoms with Crippen molar-refractivity contribution in [2.45, 2.75) is 60.8 Å². The van der Waals surface area contributed by atoms with Gasteiger partial charge in [0, 0.05) is 35.7 Å². The van der Waals surface area contributed by atoms with Crippen molar-refractivity contribution in [3.63, 3.8) is 0 Å². The molecule has 95 heavy (non-hydrogen) atoms. The first-order valence-electron chi connectivity index (χ1n) is 29.9. The first kappa shape index (κ1) is 76.4. The van der Waals surface area contributed by atoms with E-state index in [1.54, 1.807) is 66.7 Å². The zero-order valence-corrected chi connectivity index (χ0v) is 54.8. The number of amides is 5. The van der Waals surface area contributed by atoms with E-state index in [1.807, 2.05) is 34.6 Å². The normalized spacial score (nSPS) is 10.3. The number of benzene rings is 6. The van der Waals surface area contributed by atoms with E-state index >= 15 is 0 Å². The van der Waals surface area contributed by atoms with Crippen molar-refractivity contribution in [1.29, 1.82) is 0 Å². The van der Waals surface area contributed by atoms with Gasteiger partial charge in [-0.05, 0) is 128 Å². The number of methoxy groups -OCH3 is 4. The Balaban J connectivity index is 0.000000305. The van der Waals surface area contributed by atoms with E-state index in [1.165, 1.54) is 83.9 Å². The number of anilines is 5. The van der Waals surface area contributed by atoms with Gasteiger partial charge in [0.2, 0.25) is 11.8 Å². The summed E-state index contributed by atoms with van der Waals surface area (Å²) in [6.07, 6.45) is 3.83. The van der Waals surface area contributed by atoms with Crippen LogP contribution in [0.25, 0.3) is 0 Å². The molecule has 0 radical (unpaired) electrons. The third-order valence-electron chi connectivity index (χ3n) is 12.7. The van der Waals surface area contributed by atoms with Gasteiger partial charge < -0.3 is 80.7 Å². The van der Waals surface area contributed by atoms with Gasteiger partial charge in [-0.2, -0.15) is 0 Å². The summed E-state index contributed by atoms with van der Waals surface area (Å²) in [4.78, 5) is 108. The number of rotatable bonds is 31. The van der Waals surface area contributed by atoms with E-state index in [9.17, 15) is 48.5 Å². The van der Waals surface area contributed by atoms with Crippen LogP contribution in [-0.2, 0) is 23.8 Å². The molecule has 6 rings (SSSR count). The van der Waals surface area contributed by atoms with E-state index in [0.29, 0.717) is 113 Å². The Labute approximate surface area is 550 Å². The lowest BCUT2D eigenvalue weighted by atomic mass is 10.1. The van der Waals surface area contributed by atoms with Crippen LogP contribution in [-0.4, -0.2) is 127 Å². The minimum absolute atomic E-state index is 0.0371. The Morgan fingerprint density at radius 2 is 0.874 bits per heavy atom. The summed E-state index contributed by atoms with van der Waals surface area (Å²) in [6.45, 7) is 16.8. The van der Waals surface area contributed by atoms with Crippen molar-refractivity contribution in [2.75, 3.05) is 101 Å².